The molecule has 0 aromatic heterocycles. The van der Waals surface area contributed by atoms with Gasteiger partial charge in [0, 0.05) is 5.54 Å². The van der Waals surface area contributed by atoms with E-state index in [1.165, 1.54) is 12.0 Å². The van der Waals surface area contributed by atoms with Crippen molar-refractivity contribution in [2.75, 3.05) is 6.54 Å². The van der Waals surface area contributed by atoms with Gasteiger partial charge in [0.2, 0.25) is 0 Å². The monoisotopic (exact) mass is 211 g/mol. The van der Waals surface area contributed by atoms with Crippen molar-refractivity contribution in [1.82, 2.24) is 5.32 Å². The van der Waals surface area contributed by atoms with Crippen molar-refractivity contribution in [2.24, 2.45) is 5.41 Å². The maximum Gasteiger partial charge on any atom is 0.00965 e. The Balaban J connectivity index is 3.89. The average Bonchev–Trinajstić information content (AvgIpc) is 2.00. The predicted molar refractivity (Wildman–Crippen MR) is 70.2 cm³/mol. The normalized spacial score (nSPS) is 12.9. The Morgan fingerprint density at radius 3 is 2.07 bits per heavy atom. The first-order valence-corrected chi connectivity index (χ1v) is 6.08. The van der Waals surface area contributed by atoms with Crippen LogP contribution in [0.5, 0.6) is 0 Å². The van der Waals surface area contributed by atoms with Crippen LogP contribution in [0.3, 0.4) is 0 Å². The largest absolute Gasteiger partial charge is 0.312 e. The maximum atomic E-state index is 4.09. The highest BCUT2D eigenvalue weighted by molar-refractivity contribution is 4.97. The van der Waals surface area contributed by atoms with E-state index in [1.807, 2.05) is 0 Å². The third-order valence-corrected chi connectivity index (χ3v) is 2.69. The summed E-state index contributed by atoms with van der Waals surface area (Å²) in [6.07, 6.45) is 3.47. The highest BCUT2D eigenvalue weighted by atomic mass is 14.9. The van der Waals surface area contributed by atoms with E-state index >= 15 is 0 Å². The molecule has 0 spiro atoms. The van der Waals surface area contributed by atoms with Gasteiger partial charge in [0.05, 0.1) is 0 Å². The summed E-state index contributed by atoms with van der Waals surface area (Å²) in [5, 5.41) is 3.54. The van der Waals surface area contributed by atoms with E-state index in [0.29, 0.717) is 5.41 Å². The van der Waals surface area contributed by atoms with Gasteiger partial charge >= 0.3 is 0 Å². The Morgan fingerprint density at radius 1 is 1.13 bits per heavy atom. The minimum Gasteiger partial charge on any atom is -0.312 e. The third-order valence-electron chi connectivity index (χ3n) is 2.69. The fraction of sp³-hybridized carbons (Fsp3) is 0.857. The highest BCUT2D eigenvalue weighted by Gasteiger charge is 2.19. The zero-order valence-corrected chi connectivity index (χ0v) is 11.5. The van der Waals surface area contributed by atoms with Crippen LogP contribution in [0.25, 0.3) is 0 Å². The van der Waals surface area contributed by atoms with Gasteiger partial charge in [-0.05, 0) is 52.0 Å². The van der Waals surface area contributed by atoms with E-state index in [4.69, 9.17) is 0 Å². The van der Waals surface area contributed by atoms with Crippen molar-refractivity contribution in [3.05, 3.63) is 12.2 Å². The number of allylic oxidation sites excluding steroid dienone is 1. The molecule has 1 heteroatoms. The number of rotatable bonds is 6. The topological polar surface area (TPSA) is 12.0 Å². The summed E-state index contributed by atoms with van der Waals surface area (Å²) in [6.45, 7) is 18.7. The van der Waals surface area contributed by atoms with Crippen LogP contribution in [0.1, 0.15) is 60.8 Å². The number of hydrogen-bond acceptors (Lipinski definition) is 1. The number of hydrogen-bond donors (Lipinski definition) is 1. The van der Waals surface area contributed by atoms with Crippen LogP contribution >= 0.6 is 0 Å². The van der Waals surface area contributed by atoms with Gasteiger partial charge in [-0.15, -0.1) is 0 Å². The van der Waals surface area contributed by atoms with Crippen LogP contribution in [-0.4, -0.2) is 12.1 Å². The van der Waals surface area contributed by atoms with E-state index in [0.717, 1.165) is 19.4 Å². The van der Waals surface area contributed by atoms with Crippen LogP contribution in [0.15, 0.2) is 12.2 Å². The predicted octanol–water partition coefficient (Wildman–Crippen LogP) is 4.15. The third kappa shape index (κ3) is 8.68. The molecule has 0 heterocycles. The molecule has 0 radical (unpaired) electrons. The molecule has 1 N–H and O–H groups in total. The van der Waals surface area contributed by atoms with Gasteiger partial charge in [0.1, 0.15) is 0 Å². The van der Waals surface area contributed by atoms with Gasteiger partial charge < -0.3 is 5.32 Å². The molecule has 0 aliphatic carbocycles. The summed E-state index contributed by atoms with van der Waals surface area (Å²) >= 11 is 0. The quantitative estimate of drug-likeness (QED) is 0.651. The lowest BCUT2D eigenvalue weighted by Crippen LogP contribution is -2.37. The lowest BCUT2D eigenvalue weighted by Gasteiger charge is -2.28. The molecule has 0 unspecified atom stereocenters. The molecular formula is C14H29N. The molecule has 90 valence electrons. The van der Waals surface area contributed by atoms with Crippen molar-refractivity contribution in [3.8, 4) is 0 Å². The molecule has 0 aromatic rings. The first-order valence-electron chi connectivity index (χ1n) is 6.08. The molecule has 0 saturated heterocycles. The first-order chi connectivity index (χ1) is 6.66. The molecule has 0 saturated carbocycles. The van der Waals surface area contributed by atoms with Gasteiger partial charge in [-0.3, -0.25) is 0 Å². The molecule has 0 amide bonds. The summed E-state index contributed by atoms with van der Waals surface area (Å²) in [6, 6.07) is 0. The van der Waals surface area contributed by atoms with E-state index in [9.17, 15) is 0 Å². The Kier molecular flexibility index (Phi) is 5.58. The Bertz CT molecular complexity index is 196. The van der Waals surface area contributed by atoms with E-state index in [-0.39, 0.29) is 5.54 Å². The first kappa shape index (κ1) is 14.7. The molecule has 0 aliphatic rings. The standard InChI is InChI=1S/C14H29N/c1-8-12(2)11-14(6,7)9-10-15-13(3,4)5/h15H,2,8-11H2,1,3-7H3. The van der Waals surface area contributed by atoms with E-state index in [2.05, 4.69) is 53.4 Å². The SMILES string of the molecule is C=C(CC)CC(C)(C)CCNC(C)(C)C. The van der Waals surface area contributed by atoms with Crippen LogP contribution in [-0.2, 0) is 0 Å². The highest BCUT2D eigenvalue weighted by Crippen LogP contribution is 2.29. The molecule has 0 atom stereocenters. The van der Waals surface area contributed by atoms with Gasteiger partial charge in [0.15, 0.2) is 0 Å². The molecule has 0 rings (SSSR count). The summed E-state index contributed by atoms with van der Waals surface area (Å²) < 4.78 is 0. The Hall–Kier alpha value is -0.300. The van der Waals surface area contributed by atoms with Crippen molar-refractivity contribution in [2.45, 2.75) is 66.3 Å². The summed E-state index contributed by atoms with van der Waals surface area (Å²) in [5.74, 6) is 0. The fourth-order valence-electron chi connectivity index (χ4n) is 1.67. The lowest BCUT2D eigenvalue weighted by atomic mass is 9.82. The molecule has 15 heavy (non-hydrogen) atoms. The summed E-state index contributed by atoms with van der Waals surface area (Å²) in [7, 11) is 0. The van der Waals surface area contributed by atoms with Crippen molar-refractivity contribution < 1.29 is 0 Å². The Morgan fingerprint density at radius 2 is 1.67 bits per heavy atom. The zero-order valence-electron chi connectivity index (χ0n) is 11.5. The molecule has 0 aliphatic heterocycles. The minimum absolute atomic E-state index is 0.234. The van der Waals surface area contributed by atoms with Gasteiger partial charge in [-0.25, -0.2) is 0 Å². The number of nitrogens with one attached hydrogen (secondary N) is 1. The smallest absolute Gasteiger partial charge is 0.00965 e. The second-order valence-corrected chi connectivity index (χ2v) is 6.37. The van der Waals surface area contributed by atoms with Crippen LogP contribution in [0.2, 0.25) is 0 Å². The zero-order chi connectivity index (χ0) is 12.1. The second kappa shape index (κ2) is 5.69. The molecule has 0 fully saturated rings. The minimum atomic E-state index is 0.234. The maximum absolute atomic E-state index is 4.09. The van der Waals surface area contributed by atoms with Crippen LogP contribution in [0, 0.1) is 5.41 Å². The molecule has 0 bridgehead atoms. The lowest BCUT2D eigenvalue weighted by molar-refractivity contribution is 0.300. The van der Waals surface area contributed by atoms with Crippen LogP contribution < -0.4 is 5.32 Å². The summed E-state index contributed by atoms with van der Waals surface area (Å²) in [4.78, 5) is 0. The second-order valence-electron chi connectivity index (χ2n) is 6.37. The van der Waals surface area contributed by atoms with Gasteiger partial charge in [-0.1, -0.05) is 32.9 Å². The van der Waals surface area contributed by atoms with Crippen LogP contribution in [0.4, 0.5) is 0 Å². The Labute approximate surface area is 96.3 Å². The van der Waals surface area contributed by atoms with Gasteiger partial charge in [-0.2, -0.15) is 0 Å². The van der Waals surface area contributed by atoms with Crippen molar-refractivity contribution in [3.63, 3.8) is 0 Å². The van der Waals surface area contributed by atoms with Crippen molar-refractivity contribution in [1.29, 1.82) is 0 Å². The van der Waals surface area contributed by atoms with Gasteiger partial charge in [0.25, 0.3) is 0 Å². The molecule has 0 aromatic carbocycles. The summed E-state index contributed by atoms with van der Waals surface area (Å²) in [5.41, 5.74) is 1.99. The van der Waals surface area contributed by atoms with E-state index < -0.39 is 0 Å². The van der Waals surface area contributed by atoms with E-state index in [1.54, 1.807) is 0 Å². The molecule has 1 nitrogen and oxygen atoms in total. The van der Waals surface area contributed by atoms with Crippen molar-refractivity contribution >= 4 is 0 Å². The molecular weight excluding hydrogens is 182 g/mol. The average molecular weight is 211 g/mol. The fourth-order valence-corrected chi connectivity index (χ4v) is 1.67.